The molecule has 4 rings (SSSR count). The Hall–Kier alpha value is -1.84. The molecular weight excluding hydrogens is 350 g/mol. The minimum absolute atomic E-state index is 0.102. The molecule has 0 bridgehead atoms. The number of aryl methyl sites for hydroxylation is 1. The van der Waals surface area contributed by atoms with E-state index < -0.39 is 0 Å². The Morgan fingerprint density at radius 3 is 2.57 bits per heavy atom. The third-order valence-corrected chi connectivity index (χ3v) is 7.49. The van der Waals surface area contributed by atoms with Gasteiger partial charge in [0, 0.05) is 19.5 Å². The molecule has 1 amide bonds. The van der Waals surface area contributed by atoms with Crippen LogP contribution in [0.3, 0.4) is 0 Å². The molecule has 1 aliphatic heterocycles. The Balaban J connectivity index is 1.44. The van der Waals surface area contributed by atoms with Crippen LogP contribution in [-0.4, -0.2) is 36.5 Å². The third-order valence-electron chi connectivity index (χ3n) is 7.49. The van der Waals surface area contributed by atoms with Gasteiger partial charge in [0.15, 0.2) is 0 Å². The molecular formula is C24H33NO3. The number of fused-ring (bicyclic) bond motifs is 1. The number of esters is 1. The second kappa shape index (κ2) is 8.26. The van der Waals surface area contributed by atoms with E-state index in [1.165, 1.54) is 36.8 Å². The first-order valence-electron chi connectivity index (χ1n) is 11.1. The van der Waals surface area contributed by atoms with Crippen molar-refractivity contribution >= 4 is 11.9 Å². The van der Waals surface area contributed by atoms with Crippen molar-refractivity contribution in [2.75, 3.05) is 19.7 Å². The summed E-state index contributed by atoms with van der Waals surface area (Å²) in [4.78, 5) is 27.9. The molecule has 1 aromatic rings. The van der Waals surface area contributed by atoms with Crippen LogP contribution in [0.25, 0.3) is 0 Å². The van der Waals surface area contributed by atoms with Crippen molar-refractivity contribution in [1.29, 1.82) is 0 Å². The van der Waals surface area contributed by atoms with Gasteiger partial charge in [0.05, 0.1) is 12.5 Å². The molecule has 2 atom stereocenters. The zero-order valence-electron chi connectivity index (χ0n) is 17.1. The first-order chi connectivity index (χ1) is 13.6. The van der Waals surface area contributed by atoms with Crippen molar-refractivity contribution in [1.82, 2.24) is 4.90 Å². The van der Waals surface area contributed by atoms with Gasteiger partial charge in [0.1, 0.15) is 0 Å². The SMILES string of the molecule is CCOC(=O)[C@H](CC(=O)N1CCC2(CCCC2)CC1)[C@@H]1CCc2ccccc21. The number of carbonyl (C=O) groups is 2. The molecule has 3 aliphatic rings. The number of piperidine rings is 1. The molecule has 4 nitrogen and oxygen atoms in total. The second-order valence-corrected chi connectivity index (χ2v) is 8.99. The summed E-state index contributed by atoms with van der Waals surface area (Å²) in [6.07, 6.45) is 9.82. The minimum Gasteiger partial charge on any atom is -0.466 e. The summed E-state index contributed by atoms with van der Waals surface area (Å²) < 4.78 is 5.39. The Labute approximate surface area is 168 Å². The van der Waals surface area contributed by atoms with Crippen molar-refractivity contribution in [2.45, 2.75) is 70.6 Å². The number of hydrogen-bond donors (Lipinski definition) is 0. The number of nitrogens with zero attached hydrogens (tertiary/aromatic N) is 1. The van der Waals surface area contributed by atoms with E-state index >= 15 is 0 Å². The molecule has 152 valence electrons. The zero-order valence-corrected chi connectivity index (χ0v) is 17.1. The normalized spacial score (nSPS) is 24.2. The first kappa shape index (κ1) is 19.5. The van der Waals surface area contributed by atoms with E-state index in [1.54, 1.807) is 0 Å². The Bertz CT molecular complexity index is 712. The average molecular weight is 384 g/mol. The number of amides is 1. The number of hydrogen-bond acceptors (Lipinski definition) is 3. The third kappa shape index (κ3) is 3.83. The molecule has 1 saturated carbocycles. The summed E-state index contributed by atoms with van der Waals surface area (Å²) in [5.41, 5.74) is 3.05. The second-order valence-electron chi connectivity index (χ2n) is 8.99. The topological polar surface area (TPSA) is 46.6 Å². The Morgan fingerprint density at radius 1 is 1.14 bits per heavy atom. The fraction of sp³-hybridized carbons (Fsp3) is 0.667. The summed E-state index contributed by atoms with van der Waals surface area (Å²) in [6, 6.07) is 8.35. The number of benzene rings is 1. The van der Waals surface area contributed by atoms with Crippen LogP contribution in [0.15, 0.2) is 24.3 Å². The van der Waals surface area contributed by atoms with Gasteiger partial charge in [-0.25, -0.2) is 0 Å². The quantitative estimate of drug-likeness (QED) is 0.705. The molecule has 1 heterocycles. The van der Waals surface area contributed by atoms with Crippen molar-refractivity contribution in [3.05, 3.63) is 35.4 Å². The van der Waals surface area contributed by atoms with Gasteiger partial charge in [0.25, 0.3) is 0 Å². The van der Waals surface area contributed by atoms with Crippen LogP contribution < -0.4 is 0 Å². The average Bonchev–Trinajstić information content (AvgIpc) is 3.34. The van der Waals surface area contributed by atoms with Gasteiger partial charge in [-0.2, -0.15) is 0 Å². The monoisotopic (exact) mass is 383 g/mol. The van der Waals surface area contributed by atoms with Crippen LogP contribution >= 0.6 is 0 Å². The van der Waals surface area contributed by atoms with Crippen molar-refractivity contribution in [3.8, 4) is 0 Å². The maximum atomic E-state index is 13.1. The van der Waals surface area contributed by atoms with E-state index in [9.17, 15) is 9.59 Å². The van der Waals surface area contributed by atoms with Crippen LogP contribution in [0.5, 0.6) is 0 Å². The lowest BCUT2D eigenvalue weighted by Crippen LogP contribution is -2.43. The number of rotatable bonds is 5. The molecule has 1 saturated heterocycles. The van der Waals surface area contributed by atoms with E-state index in [0.29, 0.717) is 12.0 Å². The smallest absolute Gasteiger partial charge is 0.310 e. The van der Waals surface area contributed by atoms with Crippen molar-refractivity contribution in [3.63, 3.8) is 0 Å². The predicted molar refractivity (Wildman–Crippen MR) is 109 cm³/mol. The van der Waals surface area contributed by atoms with Crippen LogP contribution in [0.2, 0.25) is 0 Å². The largest absolute Gasteiger partial charge is 0.466 e. The lowest BCUT2D eigenvalue weighted by molar-refractivity contribution is -0.152. The Morgan fingerprint density at radius 2 is 1.86 bits per heavy atom. The van der Waals surface area contributed by atoms with Gasteiger partial charge in [-0.1, -0.05) is 37.1 Å². The predicted octanol–water partition coefficient (Wildman–Crippen LogP) is 4.47. The van der Waals surface area contributed by atoms with Gasteiger partial charge in [-0.3, -0.25) is 9.59 Å². The van der Waals surface area contributed by atoms with E-state index in [4.69, 9.17) is 4.74 Å². The van der Waals surface area contributed by atoms with Gasteiger partial charge < -0.3 is 9.64 Å². The lowest BCUT2D eigenvalue weighted by Gasteiger charge is -2.40. The number of ether oxygens (including phenoxy) is 1. The molecule has 2 aliphatic carbocycles. The van der Waals surface area contributed by atoms with Crippen molar-refractivity contribution < 1.29 is 14.3 Å². The van der Waals surface area contributed by atoms with Gasteiger partial charge >= 0.3 is 5.97 Å². The van der Waals surface area contributed by atoms with Crippen LogP contribution in [0.4, 0.5) is 0 Å². The highest BCUT2D eigenvalue weighted by atomic mass is 16.5. The molecule has 28 heavy (non-hydrogen) atoms. The zero-order chi connectivity index (χ0) is 19.6. The molecule has 0 N–H and O–H groups in total. The van der Waals surface area contributed by atoms with E-state index in [0.717, 1.165) is 38.8 Å². The fourth-order valence-corrected chi connectivity index (χ4v) is 5.82. The molecule has 4 heteroatoms. The molecule has 0 unspecified atom stereocenters. The van der Waals surface area contributed by atoms with Crippen LogP contribution in [0.1, 0.15) is 75.3 Å². The van der Waals surface area contributed by atoms with Gasteiger partial charge in [-0.15, -0.1) is 0 Å². The van der Waals surface area contributed by atoms with Crippen LogP contribution in [0, 0.1) is 11.3 Å². The van der Waals surface area contributed by atoms with E-state index in [2.05, 4.69) is 18.2 Å². The maximum Gasteiger partial charge on any atom is 0.310 e. The highest BCUT2D eigenvalue weighted by Crippen LogP contribution is 2.46. The van der Waals surface area contributed by atoms with E-state index in [-0.39, 0.29) is 30.1 Å². The maximum absolute atomic E-state index is 13.1. The standard InChI is InChI=1S/C24H33NO3/c1-2-28-23(27)21(20-10-9-18-7-3-4-8-19(18)20)17-22(26)25-15-13-24(14-16-25)11-5-6-12-24/h3-4,7-8,20-21H,2,5-6,9-17H2,1H3/t20-,21-/m1/s1. The number of carbonyl (C=O) groups excluding carboxylic acids is 2. The van der Waals surface area contributed by atoms with Gasteiger partial charge in [-0.05, 0) is 67.9 Å². The summed E-state index contributed by atoms with van der Waals surface area (Å²) in [6.45, 7) is 3.92. The summed E-state index contributed by atoms with van der Waals surface area (Å²) in [5.74, 6) is -0.333. The summed E-state index contributed by atoms with van der Waals surface area (Å²) in [7, 11) is 0. The molecule has 1 aromatic carbocycles. The summed E-state index contributed by atoms with van der Waals surface area (Å²) >= 11 is 0. The molecule has 1 spiro atoms. The highest BCUT2D eigenvalue weighted by Gasteiger charge is 2.40. The van der Waals surface area contributed by atoms with Crippen molar-refractivity contribution in [2.24, 2.45) is 11.3 Å². The summed E-state index contributed by atoms with van der Waals surface area (Å²) in [5, 5.41) is 0. The first-order valence-corrected chi connectivity index (χ1v) is 11.1. The minimum atomic E-state index is -0.363. The fourth-order valence-electron chi connectivity index (χ4n) is 5.82. The van der Waals surface area contributed by atoms with E-state index in [1.807, 2.05) is 17.9 Å². The molecule has 0 aromatic heterocycles. The van der Waals surface area contributed by atoms with Crippen LogP contribution in [-0.2, 0) is 20.7 Å². The molecule has 0 radical (unpaired) electrons. The molecule has 2 fully saturated rings. The highest BCUT2D eigenvalue weighted by molar-refractivity contribution is 5.84. The Kier molecular flexibility index (Phi) is 5.75. The van der Waals surface area contributed by atoms with Gasteiger partial charge in [0.2, 0.25) is 5.91 Å². The number of likely N-dealkylation sites (tertiary alicyclic amines) is 1. The lowest BCUT2D eigenvalue weighted by atomic mass is 9.77.